The molecule has 0 aliphatic carbocycles. The lowest BCUT2D eigenvalue weighted by molar-refractivity contribution is -0.145. The number of methoxy groups -OCH3 is 1. The van der Waals surface area contributed by atoms with Crippen molar-refractivity contribution in [1.82, 2.24) is 10.3 Å². The monoisotopic (exact) mass is 372 g/mol. The maximum absolute atomic E-state index is 13.3. The van der Waals surface area contributed by atoms with Gasteiger partial charge in [-0.05, 0) is 35.2 Å². The Morgan fingerprint density at radius 1 is 1.11 bits per heavy atom. The predicted octanol–water partition coefficient (Wildman–Crippen LogP) is 2.89. The van der Waals surface area contributed by atoms with Gasteiger partial charge >= 0.3 is 5.97 Å². The van der Waals surface area contributed by atoms with Gasteiger partial charge in [-0.3, -0.25) is 4.79 Å². The molecule has 27 heavy (non-hydrogen) atoms. The minimum absolute atomic E-state index is 0.180. The molecule has 0 spiro atoms. The van der Waals surface area contributed by atoms with Gasteiger partial charge in [-0.15, -0.1) is 0 Å². The first-order valence-corrected chi connectivity index (χ1v) is 8.33. The third-order valence-electron chi connectivity index (χ3n) is 4.12. The normalized spacial score (nSPS) is 12.0. The van der Waals surface area contributed by atoms with Crippen LogP contribution >= 0.6 is 0 Å². The molecule has 140 valence electrons. The first-order valence-electron chi connectivity index (χ1n) is 8.33. The number of ether oxygens (including phenoxy) is 1. The number of halogens is 2. The van der Waals surface area contributed by atoms with E-state index in [2.05, 4.69) is 10.3 Å². The van der Waals surface area contributed by atoms with E-state index in [1.54, 1.807) is 0 Å². The zero-order valence-electron chi connectivity index (χ0n) is 14.6. The Balaban J connectivity index is 1.72. The number of benzene rings is 2. The van der Waals surface area contributed by atoms with Crippen molar-refractivity contribution in [3.63, 3.8) is 0 Å². The molecule has 2 N–H and O–H groups in total. The van der Waals surface area contributed by atoms with Gasteiger partial charge < -0.3 is 15.0 Å². The van der Waals surface area contributed by atoms with Crippen LogP contribution in [0.4, 0.5) is 8.78 Å². The molecule has 0 unspecified atom stereocenters. The standard InChI is InChI=1S/C20H18F2N2O3/c1-27-20(26)18(11-16-9-13-4-2-3-5-17(13)23-16)24-19(25)8-12-6-14(21)10-15(22)7-12/h2-7,9-10,18,23H,8,11H2,1H3,(H,24,25)/t18-/m0/s1. The lowest BCUT2D eigenvalue weighted by Crippen LogP contribution is -2.43. The van der Waals surface area contributed by atoms with Crippen LogP contribution in [0, 0.1) is 11.6 Å². The molecule has 0 aliphatic rings. The average Bonchev–Trinajstić information content (AvgIpc) is 3.01. The molecule has 0 bridgehead atoms. The molecule has 1 heterocycles. The Morgan fingerprint density at radius 3 is 2.48 bits per heavy atom. The number of hydrogen-bond donors (Lipinski definition) is 2. The first-order chi connectivity index (χ1) is 12.9. The quantitative estimate of drug-likeness (QED) is 0.654. The summed E-state index contributed by atoms with van der Waals surface area (Å²) in [6, 6.07) is 11.5. The number of H-pyrrole nitrogens is 1. The van der Waals surface area contributed by atoms with Crippen LogP contribution < -0.4 is 5.32 Å². The summed E-state index contributed by atoms with van der Waals surface area (Å²) in [6.07, 6.45) is -0.0561. The minimum Gasteiger partial charge on any atom is -0.467 e. The third-order valence-corrected chi connectivity index (χ3v) is 4.12. The summed E-state index contributed by atoms with van der Waals surface area (Å²) in [6.45, 7) is 0. The van der Waals surface area contributed by atoms with Crippen molar-refractivity contribution in [1.29, 1.82) is 0 Å². The fourth-order valence-electron chi connectivity index (χ4n) is 2.94. The average molecular weight is 372 g/mol. The second-order valence-electron chi connectivity index (χ2n) is 6.18. The van der Waals surface area contributed by atoms with Crippen LogP contribution in [0.1, 0.15) is 11.3 Å². The topological polar surface area (TPSA) is 71.2 Å². The zero-order valence-corrected chi connectivity index (χ0v) is 14.6. The maximum atomic E-state index is 13.3. The molecule has 0 radical (unpaired) electrons. The van der Waals surface area contributed by atoms with Crippen molar-refractivity contribution >= 4 is 22.8 Å². The van der Waals surface area contributed by atoms with Gasteiger partial charge in [0, 0.05) is 23.7 Å². The van der Waals surface area contributed by atoms with Gasteiger partial charge in [0.25, 0.3) is 0 Å². The smallest absolute Gasteiger partial charge is 0.328 e. The number of amides is 1. The highest BCUT2D eigenvalue weighted by Gasteiger charge is 2.23. The van der Waals surface area contributed by atoms with Crippen molar-refractivity contribution < 1.29 is 23.1 Å². The Kier molecular flexibility index (Phi) is 5.49. The van der Waals surface area contributed by atoms with Gasteiger partial charge in [0.2, 0.25) is 5.91 Å². The fourth-order valence-corrected chi connectivity index (χ4v) is 2.94. The van der Waals surface area contributed by atoms with E-state index in [1.807, 2.05) is 30.3 Å². The van der Waals surface area contributed by atoms with Crippen LogP contribution in [0.3, 0.4) is 0 Å². The van der Waals surface area contributed by atoms with E-state index in [4.69, 9.17) is 4.74 Å². The Bertz CT molecular complexity index is 931. The van der Waals surface area contributed by atoms with Crippen molar-refractivity contribution in [2.24, 2.45) is 0 Å². The number of para-hydroxylation sites is 1. The second-order valence-corrected chi connectivity index (χ2v) is 6.18. The van der Waals surface area contributed by atoms with E-state index in [-0.39, 0.29) is 18.4 Å². The van der Waals surface area contributed by atoms with Crippen LogP contribution in [-0.2, 0) is 27.2 Å². The Morgan fingerprint density at radius 2 is 1.81 bits per heavy atom. The van der Waals surface area contributed by atoms with Gasteiger partial charge in [-0.2, -0.15) is 0 Å². The largest absolute Gasteiger partial charge is 0.467 e. The fraction of sp³-hybridized carbons (Fsp3) is 0.200. The number of aromatic nitrogens is 1. The van der Waals surface area contributed by atoms with Crippen molar-refractivity contribution in [3.05, 3.63) is 71.4 Å². The number of fused-ring (bicyclic) bond motifs is 1. The molecule has 3 aromatic rings. The molecule has 1 atom stereocenters. The highest BCUT2D eigenvalue weighted by molar-refractivity contribution is 5.86. The molecule has 2 aromatic carbocycles. The van der Waals surface area contributed by atoms with E-state index in [0.29, 0.717) is 0 Å². The van der Waals surface area contributed by atoms with Gasteiger partial charge in [0.05, 0.1) is 13.5 Å². The highest BCUT2D eigenvalue weighted by atomic mass is 19.1. The predicted molar refractivity (Wildman–Crippen MR) is 96.0 cm³/mol. The van der Waals surface area contributed by atoms with Crippen LogP contribution in [0.2, 0.25) is 0 Å². The number of rotatable bonds is 6. The van der Waals surface area contributed by atoms with Crippen LogP contribution in [0.5, 0.6) is 0 Å². The van der Waals surface area contributed by atoms with Gasteiger partial charge in [0.1, 0.15) is 17.7 Å². The lowest BCUT2D eigenvalue weighted by Gasteiger charge is -2.16. The number of carbonyl (C=O) groups is 2. The summed E-state index contributed by atoms with van der Waals surface area (Å²) < 4.78 is 31.3. The summed E-state index contributed by atoms with van der Waals surface area (Å²) in [7, 11) is 1.23. The summed E-state index contributed by atoms with van der Waals surface area (Å²) in [5.74, 6) is -2.67. The van der Waals surface area contributed by atoms with Gasteiger partial charge in [0.15, 0.2) is 0 Å². The van der Waals surface area contributed by atoms with E-state index in [9.17, 15) is 18.4 Å². The molecule has 3 rings (SSSR count). The third kappa shape index (κ3) is 4.69. The molecule has 7 heteroatoms. The van der Waals surface area contributed by atoms with Gasteiger partial charge in [-0.25, -0.2) is 13.6 Å². The molecule has 5 nitrogen and oxygen atoms in total. The summed E-state index contributed by atoms with van der Waals surface area (Å²) >= 11 is 0. The van der Waals surface area contributed by atoms with E-state index in [0.717, 1.165) is 34.8 Å². The molecule has 0 aliphatic heterocycles. The summed E-state index contributed by atoms with van der Waals surface area (Å²) in [4.78, 5) is 27.5. The van der Waals surface area contributed by atoms with Crippen molar-refractivity contribution in [2.75, 3.05) is 7.11 Å². The number of aromatic amines is 1. The molecular weight excluding hydrogens is 354 g/mol. The molecule has 0 fully saturated rings. The van der Waals surface area contributed by atoms with E-state index >= 15 is 0 Å². The number of carbonyl (C=O) groups excluding carboxylic acids is 2. The van der Waals surface area contributed by atoms with E-state index < -0.39 is 29.6 Å². The zero-order chi connectivity index (χ0) is 19.4. The Labute approximate surface area is 154 Å². The van der Waals surface area contributed by atoms with Crippen molar-refractivity contribution in [2.45, 2.75) is 18.9 Å². The van der Waals surface area contributed by atoms with Crippen LogP contribution in [0.25, 0.3) is 10.9 Å². The summed E-state index contributed by atoms with van der Waals surface area (Å²) in [5.41, 5.74) is 1.85. The molecule has 1 amide bonds. The summed E-state index contributed by atoms with van der Waals surface area (Å²) in [5, 5.41) is 3.55. The van der Waals surface area contributed by atoms with Crippen molar-refractivity contribution in [3.8, 4) is 0 Å². The van der Waals surface area contributed by atoms with Gasteiger partial charge in [-0.1, -0.05) is 18.2 Å². The van der Waals surface area contributed by atoms with Crippen LogP contribution in [0.15, 0.2) is 48.5 Å². The maximum Gasteiger partial charge on any atom is 0.328 e. The lowest BCUT2D eigenvalue weighted by atomic mass is 10.1. The van der Waals surface area contributed by atoms with E-state index in [1.165, 1.54) is 7.11 Å². The highest BCUT2D eigenvalue weighted by Crippen LogP contribution is 2.16. The van der Waals surface area contributed by atoms with Crippen LogP contribution in [-0.4, -0.2) is 30.0 Å². The minimum atomic E-state index is -0.922. The molecule has 0 saturated carbocycles. The second kappa shape index (κ2) is 7.99. The molecular formula is C20H18F2N2O3. The first kappa shape index (κ1) is 18.6. The number of esters is 1. The SMILES string of the molecule is COC(=O)[C@H](Cc1cc2ccccc2[nH]1)NC(=O)Cc1cc(F)cc(F)c1. The number of nitrogens with one attached hydrogen (secondary N) is 2. The Hall–Kier alpha value is -3.22. The molecule has 0 saturated heterocycles. The number of hydrogen-bond acceptors (Lipinski definition) is 3. The molecule has 1 aromatic heterocycles.